The van der Waals surface area contributed by atoms with Crippen molar-refractivity contribution in [2.24, 2.45) is 0 Å². The van der Waals surface area contributed by atoms with E-state index in [2.05, 4.69) is 0 Å². The van der Waals surface area contributed by atoms with Crippen molar-refractivity contribution in [2.75, 3.05) is 0 Å². The maximum Gasteiger partial charge on any atom is 4.00 e. The Hall–Kier alpha value is 0.617. The molecule has 0 aliphatic carbocycles. The van der Waals surface area contributed by atoms with Crippen LogP contribution in [0.4, 0.5) is 4.79 Å². The van der Waals surface area contributed by atoms with Gasteiger partial charge in [0.15, 0.2) is 0 Å². The molecule has 0 saturated carbocycles. The van der Waals surface area contributed by atoms with Crippen LogP contribution < -0.4 is 10.2 Å². The zero-order valence-electron chi connectivity index (χ0n) is 4.97. The Labute approximate surface area is 97.0 Å². The van der Waals surface area contributed by atoms with E-state index in [4.69, 9.17) is 32.5 Å². The van der Waals surface area contributed by atoms with Gasteiger partial charge in [0.1, 0.15) is 0 Å². The van der Waals surface area contributed by atoms with E-state index in [1.807, 2.05) is 0 Å². The first-order valence-electron chi connectivity index (χ1n) is 1.28. The van der Waals surface area contributed by atoms with Gasteiger partial charge in [-0.1, -0.05) is 0 Å². The predicted molar refractivity (Wildman–Crippen MR) is 27.4 cm³/mol. The van der Waals surface area contributed by atoms with Gasteiger partial charge >= 0.3 is 48.7 Å². The zero-order chi connectivity index (χ0) is 8.08. The van der Waals surface area contributed by atoms with Crippen molar-refractivity contribution in [1.82, 2.24) is 0 Å². The zero-order valence-corrected chi connectivity index (χ0v) is 9.00. The number of hydrogen-bond acceptors (Lipinski definition) is 7. The van der Waals surface area contributed by atoms with Crippen molar-refractivity contribution >= 4 is 65.3 Å². The van der Waals surface area contributed by atoms with Crippen LogP contribution in [0.3, 0.4) is 0 Å². The molecule has 0 unspecified atom stereocenters. The number of carboxylic acid groups (broad SMARTS) is 2. The topological polar surface area (TPSA) is 143 Å². The second kappa shape index (κ2) is 10.6. The van der Waals surface area contributed by atoms with Crippen LogP contribution in [0.25, 0.3) is 0 Å². The molecule has 0 aromatic carbocycles. The quantitative estimate of drug-likeness (QED) is 0.229. The van der Waals surface area contributed by atoms with Gasteiger partial charge in [0.25, 0.3) is 0 Å². The smallest absolute Gasteiger partial charge is 0.759 e. The van der Waals surface area contributed by atoms with Crippen LogP contribution in [-0.2, 0) is 10.4 Å². The summed E-state index contributed by atoms with van der Waals surface area (Å²) in [5.41, 5.74) is 0. The van der Waals surface area contributed by atoms with Crippen LogP contribution in [0.5, 0.6) is 0 Å². The van der Waals surface area contributed by atoms with Gasteiger partial charge in [-0.25, -0.2) is 0 Å². The number of carbonyl (C=O) groups is 1. The van der Waals surface area contributed by atoms with Crippen LogP contribution in [0, 0.1) is 0 Å². The molecule has 0 bridgehead atoms. The second-order valence-corrected chi connectivity index (χ2v) is 1.47. The van der Waals surface area contributed by atoms with E-state index in [0.717, 1.165) is 0 Å². The molecule has 0 amide bonds. The van der Waals surface area contributed by atoms with Crippen molar-refractivity contribution in [1.29, 1.82) is 0 Å². The molecule has 0 fully saturated rings. The second-order valence-electron chi connectivity index (χ2n) is 0.658. The summed E-state index contributed by atoms with van der Waals surface area (Å²) in [6.45, 7) is 0. The minimum absolute atomic E-state index is 0. The molecule has 0 aromatic rings. The molecule has 10 heteroatoms. The van der Waals surface area contributed by atoms with Gasteiger partial charge in [-0.05, 0) is 6.16 Å². The number of rotatable bonds is 0. The summed E-state index contributed by atoms with van der Waals surface area (Å²) in [4.78, 5) is 8.33. The van der Waals surface area contributed by atoms with Gasteiger partial charge in [-0.3, -0.25) is 8.42 Å². The van der Waals surface area contributed by atoms with Crippen LogP contribution in [0.15, 0.2) is 0 Å². The molecule has 11 heavy (non-hydrogen) atoms. The van der Waals surface area contributed by atoms with Crippen LogP contribution in [0.1, 0.15) is 0 Å². The van der Waals surface area contributed by atoms with Gasteiger partial charge in [-0.15, -0.1) is 0 Å². The third-order valence-electron chi connectivity index (χ3n) is 0. The molecule has 0 rings (SSSR count). The Morgan fingerprint density at radius 1 is 1.09 bits per heavy atom. The molecule has 0 aromatic heterocycles. The fourth-order valence-corrected chi connectivity index (χ4v) is 0. The predicted octanol–water partition coefficient (Wildman–Crippen LogP) is -4.55. The van der Waals surface area contributed by atoms with Crippen molar-refractivity contribution in [3.8, 4) is 0 Å². The minimum Gasteiger partial charge on any atom is -0.759 e. The summed E-state index contributed by atoms with van der Waals surface area (Å²) < 4.78 is 34.1. The molecule has 0 radical (unpaired) electrons. The molecule has 0 N–H and O–H groups in total. The van der Waals surface area contributed by atoms with Crippen molar-refractivity contribution in [2.45, 2.75) is 0 Å². The van der Waals surface area contributed by atoms with Crippen molar-refractivity contribution < 1.29 is 32.5 Å². The fourth-order valence-electron chi connectivity index (χ4n) is 0. The van der Waals surface area contributed by atoms with E-state index in [0.29, 0.717) is 0 Å². The summed E-state index contributed by atoms with van der Waals surface area (Å²) in [5.74, 6) is 0. The SMILES string of the molecule is O=C([O-])[O-].O=S(=O)([O-])[O-].[Ca+2].[Si+4]. The Bertz CT molecular complexity index is 161. The van der Waals surface area contributed by atoms with E-state index in [9.17, 15) is 0 Å². The average molecular weight is 224 g/mol. The first-order chi connectivity index (χ1) is 3.73. The Balaban J connectivity index is -0.0000000383. The molecule has 0 heterocycles. The molecular formula is CCaO7SSi+2. The molecule has 0 aliphatic rings. The van der Waals surface area contributed by atoms with E-state index >= 15 is 0 Å². The third kappa shape index (κ3) is 2070. The van der Waals surface area contributed by atoms with Gasteiger partial charge in [0.05, 0.1) is 0 Å². The number of carbonyl (C=O) groups excluding carboxylic acids is 1. The van der Waals surface area contributed by atoms with E-state index in [1.54, 1.807) is 0 Å². The molecule has 0 atom stereocenters. The van der Waals surface area contributed by atoms with E-state index in [-0.39, 0.29) is 48.7 Å². The third-order valence-corrected chi connectivity index (χ3v) is 0. The fraction of sp³-hybridized carbons (Fsp3) is 0. The minimum atomic E-state index is -5.17. The van der Waals surface area contributed by atoms with Crippen molar-refractivity contribution in [3.05, 3.63) is 0 Å². The normalized spacial score (nSPS) is 7.45. The number of hydrogen-bond donors (Lipinski definition) is 0. The van der Waals surface area contributed by atoms with Crippen LogP contribution in [-0.4, -0.2) is 72.4 Å². The molecule has 0 spiro atoms. The summed E-state index contributed by atoms with van der Waals surface area (Å²) in [6.07, 6.45) is -2.33. The molecular weight excluding hydrogens is 224 g/mol. The largest absolute Gasteiger partial charge is 4.00 e. The summed E-state index contributed by atoms with van der Waals surface area (Å²) >= 11 is 0. The summed E-state index contributed by atoms with van der Waals surface area (Å²) in [6, 6.07) is 0. The maximum absolute atomic E-state index is 8.52. The molecule has 0 saturated heterocycles. The maximum atomic E-state index is 8.52. The van der Waals surface area contributed by atoms with E-state index in [1.165, 1.54) is 0 Å². The average Bonchev–Trinajstić information content (AvgIpc) is 1.19. The Morgan fingerprint density at radius 2 is 1.09 bits per heavy atom. The Kier molecular flexibility index (Phi) is 21.8. The van der Waals surface area contributed by atoms with E-state index < -0.39 is 16.6 Å². The van der Waals surface area contributed by atoms with Gasteiger partial charge in [0.2, 0.25) is 0 Å². The first-order valence-corrected chi connectivity index (χ1v) is 2.61. The molecule has 56 valence electrons. The van der Waals surface area contributed by atoms with Crippen molar-refractivity contribution in [3.63, 3.8) is 0 Å². The van der Waals surface area contributed by atoms with Gasteiger partial charge < -0.3 is 24.1 Å². The molecule has 7 nitrogen and oxygen atoms in total. The van der Waals surface area contributed by atoms with Crippen LogP contribution >= 0.6 is 0 Å². The Morgan fingerprint density at radius 3 is 1.09 bits per heavy atom. The molecule has 0 aliphatic heterocycles. The van der Waals surface area contributed by atoms with Gasteiger partial charge in [-0.2, -0.15) is 0 Å². The first kappa shape index (κ1) is 22.6. The van der Waals surface area contributed by atoms with Gasteiger partial charge in [0, 0.05) is 10.4 Å². The monoisotopic (exact) mass is 224 g/mol. The van der Waals surface area contributed by atoms with Crippen LogP contribution in [0.2, 0.25) is 0 Å². The summed E-state index contributed by atoms with van der Waals surface area (Å²) in [7, 11) is -5.17. The summed E-state index contributed by atoms with van der Waals surface area (Å²) in [5, 5.41) is 16.7. The standard InChI is InChI=1S/CH2O3.Ca.H2O4S.Si/c2-1(3)4;;1-5(2,3)4;/h(H2,2,3,4);;(H2,1,2,3,4);/q;+2;;+4/p-4.